The highest BCUT2D eigenvalue weighted by atomic mass is 16.7. The van der Waals surface area contributed by atoms with Crippen molar-refractivity contribution in [2.24, 2.45) is 17.3 Å². The maximum absolute atomic E-state index is 13.8. The summed E-state index contributed by atoms with van der Waals surface area (Å²) in [5.41, 5.74) is 1.93. The van der Waals surface area contributed by atoms with Gasteiger partial charge in [-0.25, -0.2) is 9.78 Å². The second-order valence-electron chi connectivity index (χ2n) is 9.47. The van der Waals surface area contributed by atoms with Crippen LogP contribution in [-0.2, 0) is 19.0 Å². The summed E-state index contributed by atoms with van der Waals surface area (Å²) in [6.07, 6.45) is 6.11. The Kier molecular flexibility index (Phi) is 6.78. The van der Waals surface area contributed by atoms with E-state index in [0.29, 0.717) is 31.9 Å². The van der Waals surface area contributed by atoms with Gasteiger partial charge in [0.15, 0.2) is 17.9 Å². The maximum Gasteiger partial charge on any atom is 0.384 e. The van der Waals surface area contributed by atoms with E-state index in [0.717, 1.165) is 43.3 Å². The monoisotopic (exact) mass is 455 g/mol. The van der Waals surface area contributed by atoms with Crippen LogP contribution in [-0.4, -0.2) is 42.3 Å². The minimum Gasteiger partial charge on any atom is -0.456 e. The Labute approximate surface area is 195 Å². The van der Waals surface area contributed by atoms with Gasteiger partial charge < -0.3 is 18.6 Å². The number of nitrogens with zero attached hydrogens (tertiary/aromatic N) is 1. The van der Waals surface area contributed by atoms with Gasteiger partial charge in [-0.1, -0.05) is 26.2 Å². The van der Waals surface area contributed by atoms with E-state index in [9.17, 15) is 9.59 Å². The molecular weight excluding hydrogens is 422 g/mol. The molecule has 1 spiro atoms. The van der Waals surface area contributed by atoms with Crippen LogP contribution in [0.15, 0.2) is 22.0 Å². The first-order valence-electron chi connectivity index (χ1n) is 12.0. The predicted molar refractivity (Wildman–Crippen MR) is 120 cm³/mol. The van der Waals surface area contributed by atoms with Gasteiger partial charge in [0, 0.05) is 29.2 Å². The third-order valence-corrected chi connectivity index (χ3v) is 7.60. The number of carbonyl (C=O) groups excluding carboxylic acids is 2. The number of aryl methyl sites for hydroxylation is 1. The Balaban J connectivity index is 1.69. The van der Waals surface area contributed by atoms with Gasteiger partial charge in [0.2, 0.25) is 5.78 Å². The Morgan fingerprint density at radius 1 is 1.30 bits per heavy atom. The van der Waals surface area contributed by atoms with Gasteiger partial charge in [-0.2, -0.15) is 0 Å². The summed E-state index contributed by atoms with van der Waals surface area (Å²) in [5, 5.41) is 0. The van der Waals surface area contributed by atoms with Gasteiger partial charge in [-0.3, -0.25) is 4.79 Å². The highest BCUT2D eigenvalue weighted by Crippen LogP contribution is 2.62. The highest BCUT2D eigenvalue weighted by Gasteiger charge is 2.63. The number of Topliss-reactive ketones (excluding diaryl/α,β-unsaturated/α-hetero) is 1. The number of esters is 1. The second-order valence-corrected chi connectivity index (χ2v) is 9.47. The lowest BCUT2D eigenvalue weighted by atomic mass is 9.62. The Hall–Kier alpha value is -2.43. The lowest BCUT2D eigenvalue weighted by Crippen LogP contribution is -2.48. The fraction of sp³-hybridized carbons (Fsp3) is 0.654. The smallest absolute Gasteiger partial charge is 0.384 e. The number of aromatic nitrogens is 1. The number of allylic oxidation sites excluding steroid dienone is 2. The number of carbonyl (C=O) groups is 2. The fourth-order valence-electron chi connectivity index (χ4n) is 5.71. The van der Waals surface area contributed by atoms with Gasteiger partial charge >= 0.3 is 5.97 Å². The molecule has 3 atom stereocenters. The highest BCUT2D eigenvalue weighted by molar-refractivity contribution is 6.08. The number of oxazole rings is 1. The van der Waals surface area contributed by atoms with Crippen LogP contribution < -0.4 is 0 Å². The predicted octanol–water partition coefficient (Wildman–Crippen LogP) is 4.40. The summed E-state index contributed by atoms with van der Waals surface area (Å²) >= 11 is 0. The average molecular weight is 456 g/mol. The summed E-state index contributed by atoms with van der Waals surface area (Å²) < 4.78 is 23.0. The molecule has 3 aliphatic rings. The number of ketones is 1. The van der Waals surface area contributed by atoms with E-state index >= 15 is 0 Å². The fourth-order valence-corrected chi connectivity index (χ4v) is 5.71. The van der Waals surface area contributed by atoms with Crippen molar-refractivity contribution >= 4 is 11.8 Å². The lowest BCUT2D eigenvalue weighted by molar-refractivity contribution is -0.225. The van der Waals surface area contributed by atoms with Crippen molar-refractivity contribution in [2.45, 2.75) is 72.0 Å². The van der Waals surface area contributed by atoms with Crippen LogP contribution in [0, 0.1) is 36.0 Å². The van der Waals surface area contributed by atoms with Gasteiger partial charge in [0.1, 0.15) is 0 Å². The molecule has 0 aromatic carbocycles. The Morgan fingerprint density at radius 3 is 2.73 bits per heavy atom. The van der Waals surface area contributed by atoms with E-state index in [4.69, 9.17) is 18.6 Å². The van der Waals surface area contributed by atoms with Crippen LogP contribution in [0.25, 0.3) is 0 Å². The van der Waals surface area contributed by atoms with E-state index in [1.165, 1.54) is 6.39 Å². The number of unbranched alkanes of at least 4 members (excludes halogenated alkanes) is 1. The molecule has 1 saturated carbocycles. The van der Waals surface area contributed by atoms with Crippen LogP contribution in [0.3, 0.4) is 0 Å². The number of rotatable bonds is 6. The first kappa shape index (κ1) is 23.7. The molecule has 0 radical (unpaired) electrons. The molecule has 3 unspecified atom stereocenters. The van der Waals surface area contributed by atoms with Gasteiger partial charge in [-0.05, 0) is 51.0 Å². The van der Waals surface area contributed by atoms with Gasteiger partial charge in [-0.15, -0.1) is 0 Å². The first-order chi connectivity index (χ1) is 15.8. The van der Waals surface area contributed by atoms with Crippen molar-refractivity contribution in [1.82, 2.24) is 4.98 Å². The Bertz CT molecular complexity index is 1010. The van der Waals surface area contributed by atoms with Crippen LogP contribution in [0.2, 0.25) is 0 Å². The topological polar surface area (TPSA) is 87.9 Å². The summed E-state index contributed by atoms with van der Waals surface area (Å²) in [5.74, 6) is 4.28. The van der Waals surface area contributed by atoms with Crippen molar-refractivity contribution in [3.8, 4) is 11.8 Å². The van der Waals surface area contributed by atoms with Crippen molar-refractivity contribution < 1.29 is 28.2 Å². The summed E-state index contributed by atoms with van der Waals surface area (Å²) in [4.78, 5) is 29.9. The molecule has 7 heteroatoms. The normalized spacial score (nSPS) is 26.6. The summed E-state index contributed by atoms with van der Waals surface area (Å²) in [6, 6.07) is 0. The van der Waals surface area contributed by atoms with Crippen LogP contribution in [0.5, 0.6) is 0 Å². The zero-order chi connectivity index (χ0) is 23.6. The first-order valence-corrected chi connectivity index (χ1v) is 12.0. The number of fused-ring (bicyclic) bond motifs is 2. The molecule has 33 heavy (non-hydrogen) atoms. The molecule has 1 aromatic rings. The van der Waals surface area contributed by atoms with Crippen molar-refractivity contribution in [3.05, 3.63) is 29.0 Å². The van der Waals surface area contributed by atoms with E-state index in [2.05, 4.69) is 23.7 Å². The van der Waals surface area contributed by atoms with Gasteiger partial charge in [0.05, 0.1) is 25.5 Å². The Morgan fingerprint density at radius 2 is 2.06 bits per heavy atom. The molecule has 7 nitrogen and oxygen atoms in total. The number of hydrogen-bond donors (Lipinski definition) is 0. The van der Waals surface area contributed by atoms with Crippen molar-refractivity contribution in [2.75, 3.05) is 19.8 Å². The zero-order valence-electron chi connectivity index (χ0n) is 20.0. The molecule has 0 amide bonds. The maximum atomic E-state index is 13.8. The molecule has 0 N–H and O–H groups in total. The molecule has 4 rings (SSSR count). The van der Waals surface area contributed by atoms with E-state index in [-0.39, 0.29) is 28.8 Å². The SMILES string of the molecule is CCCCOC(=O)C#CC(C)C1=C(C(=O)c2ocnc2C)C2CCC3(OCCO3)C2(C)CC1. The van der Waals surface area contributed by atoms with E-state index < -0.39 is 11.8 Å². The number of hydrogen-bond acceptors (Lipinski definition) is 7. The third-order valence-electron chi connectivity index (χ3n) is 7.60. The molecule has 2 heterocycles. The molecular formula is C26H33NO6. The molecule has 1 aromatic heterocycles. The average Bonchev–Trinajstić information content (AvgIpc) is 3.52. The zero-order valence-corrected chi connectivity index (χ0v) is 20.0. The minimum absolute atomic E-state index is 0.0443. The standard InChI is InChI=1S/C26H33NO6/c1-5-6-13-30-21(28)8-7-17(2)19-9-11-25(4)20(10-12-26(25)32-14-15-33-26)22(19)23(29)24-18(3)27-16-31-24/h16-17,20H,5-6,9-15H2,1-4H3. The summed E-state index contributed by atoms with van der Waals surface area (Å²) in [7, 11) is 0. The van der Waals surface area contributed by atoms with E-state index in [1.54, 1.807) is 6.92 Å². The molecule has 2 aliphatic carbocycles. The quantitative estimate of drug-likeness (QED) is 0.207. The van der Waals surface area contributed by atoms with Gasteiger partial charge in [0.25, 0.3) is 0 Å². The van der Waals surface area contributed by atoms with Crippen molar-refractivity contribution in [3.63, 3.8) is 0 Å². The second kappa shape index (κ2) is 9.44. The van der Waals surface area contributed by atoms with Crippen LogP contribution in [0.1, 0.15) is 75.5 Å². The summed E-state index contributed by atoms with van der Waals surface area (Å²) in [6.45, 7) is 9.45. The van der Waals surface area contributed by atoms with E-state index in [1.807, 2.05) is 13.8 Å². The molecule has 178 valence electrons. The van der Waals surface area contributed by atoms with Crippen LogP contribution in [0.4, 0.5) is 0 Å². The minimum atomic E-state index is -0.650. The van der Waals surface area contributed by atoms with Crippen molar-refractivity contribution in [1.29, 1.82) is 0 Å². The number of ether oxygens (including phenoxy) is 3. The third kappa shape index (κ3) is 4.15. The molecule has 1 aliphatic heterocycles. The molecule has 1 saturated heterocycles. The lowest BCUT2D eigenvalue weighted by Gasteiger charge is -2.46. The van der Waals surface area contributed by atoms with Crippen LogP contribution >= 0.6 is 0 Å². The largest absolute Gasteiger partial charge is 0.456 e. The molecule has 0 bridgehead atoms. The molecule has 2 fully saturated rings.